The predicted octanol–water partition coefficient (Wildman–Crippen LogP) is 12.3. The molecule has 1 saturated heterocycles. The Bertz CT molecular complexity index is 1410. The summed E-state index contributed by atoms with van der Waals surface area (Å²) >= 11 is 0. The zero-order chi connectivity index (χ0) is 49.1. The standard InChI is InChI=1S/C54H96O12S/c1-3-5-7-9-11-13-15-17-19-21-22-23-24-25-27-29-31-33-35-37-39-41-43-50(56)65-47(45-64-54-53(59)52(58)51(57)48(66-54)46-67(60,61)62)44-63-49(55)42-40-38-36-34-32-30-28-26-20-18-16-14-12-10-8-6-4-2/h12,14,18,20,28,30,34,36,47-48,51-54,57-59H,3-11,13,15-17,19,21-27,29,31-33,35,37-46H2,1-2H3,(H,60,61,62)/b14-12+,20-18+,30-28+,36-34+/t47-,48-,51-,52?,53?,54+/m1/s1. The molecular formula is C54H96O12S. The summed E-state index contributed by atoms with van der Waals surface area (Å²) in [6.45, 7) is 3.72. The largest absolute Gasteiger partial charge is 0.462 e. The molecule has 390 valence electrons. The second-order valence-electron chi connectivity index (χ2n) is 18.5. The zero-order valence-electron chi connectivity index (χ0n) is 42.0. The molecule has 1 aliphatic rings. The van der Waals surface area contributed by atoms with Gasteiger partial charge in [-0.1, -0.05) is 210 Å². The highest BCUT2D eigenvalue weighted by Crippen LogP contribution is 2.24. The van der Waals surface area contributed by atoms with E-state index in [4.69, 9.17) is 18.9 Å². The lowest BCUT2D eigenvalue weighted by molar-refractivity contribution is -0.297. The van der Waals surface area contributed by atoms with Crippen LogP contribution in [0.25, 0.3) is 0 Å². The second-order valence-corrected chi connectivity index (χ2v) is 20.0. The van der Waals surface area contributed by atoms with Crippen molar-refractivity contribution in [1.29, 1.82) is 0 Å². The van der Waals surface area contributed by atoms with Crippen molar-refractivity contribution in [1.82, 2.24) is 0 Å². The Hall–Kier alpha value is -2.39. The van der Waals surface area contributed by atoms with Crippen molar-refractivity contribution < 1.29 is 56.8 Å². The number of unbranched alkanes of at least 4 members (excludes halogenated alkanes) is 25. The minimum atomic E-state index is -4.61. The number of ether oxygens (including phenoxy) is 4. The first-order chi connectivity index (χ1) is 32.5. The molecule has 0 saturated carbocycles. The maximum absolute atomic E-state index is 12.9. The lowest BCUT2D eigenvalue weighted by atomic mass is 10.00. The summed E-state index contributed by atoms with van der Waals surface area (Å²) in [5.41, 5.74) is 0. The smallest absolute Gasteiger partial charge is 0.306 e. The minimum absolute atomic E-state index is 0.144. The van der Waals surface area contributed by atoms with Crippen LogP contribution in [0.5, 0.6) is 0 Å². The van der Waals surface area contributed by atoms with Gasteiger partial charge in [-0.2, -0.15) is 8.42 Å². The minimum Gasteiger partial charge on any atom is -0.462 e. The van der Waals surface area contributed by atoms with Gasteiger partial charge in [0.05, 0.1) is 6.61 Å². The van der Waals surface area contributed by atoms with Gasteiger partial charge in [0, 0.05) is 12.8 Å². The number of esters is 2. The average molecular weight is 969 g/mol. The van der Waals surface area contributed by atoms with Crippen molar-refractivity contribution in [2.45, 2.75) is 263 Å². The maximum atomic E-state index is 12.9. The van der Waals surface area contributed by atoms with Crippen LogP contribution in [-0.4, -0.2) is 96.0 Å². The first-order valence-electron chi connectivity index (χ1n) is 26.7. The van der Waals surface area contributed by atoms with Crippen LogP contribution in [-0.2, 0) is 38.7 Å². The van der Waals surface area contributed by atoms with E-state index in [1.165, 1.54) is 135 Å². The Kier molecular flexibility index (Phi) is 40.8. The van der Waals surface area contributed by atoms with Crippen LogP contribution in [0.3, 0.4) is 0 Å². The molecule has 0 spiro atoms. The molecule has 0 bridgehead atoms. The molecule has 0 aromatic carbocycles. The molecule has 4 N–H and O–H groups in total. The summed E-state index contributed by atoms with van der Waals surface area (Å²) in [6, 6.07) is 0. The fraction of sp³-hybridized carbons (Fsp3) is 0.815. The Labute approximate surface area is 407 Å². The van der Waals surface area contributed by atoms with E-state index in [-0.39, 0.29) is 19.4 Å². The van der Waals surface area contributed by atoms with E-state index in [0.29, 0.717) is 19.3 Å². The van der Waals surface area contributed by atoms with Gasteiger partial charge in [-0.25, -0.2) is 0 Å². The molecule has 0 aromatic heterocycles. The summed E-state index contributed by atoms with van der Waals surface area (Å²) in [5, 5.41) is 31.0. The van der Waals surface area contributed by atoms with E-state index in [9.17, 15) is 37.9 Å². The quantitative estimate of drug-likeness (QED) is 0.0196. The van der Waals surface area contributed by atoms with Crippen LogP contribution in [0.15, 0.2) is 48.6 Å². The third-order valence-electron chi connectivity index (χ3n) is 12.2. The molecule has 6 atom stereocenters. The molecule has 12 nitrogen and oxygen atoms in total. The van der Waals surface area contributed by atoms with Gasteiger partial charge >= 0.3 is 11.9 Å². The van der Waals surface area contributed by atoms with Gasteiger partial charge in [0.1, 0.15) is 36.8 Å². The Morgan fingerprint density at radius 2 is 0.910 bits per heavy atom. The number of hydrogen-bond donors (Lipinski definition) is 4. The van der Waals surface area contributed by atoms with Gasteiger partial charge in [-0.15, -0.1) is 0 Å². The molecule has 1 aliphatic heterocycles. The predicted molar refractivity (Wildman–Crippen MR) is 270 cm³/mol. The first kappa shape index (κ1) is 62.6. The lowest BCUT2D eigenvalue weighted by Gasteiger charge is -2.40. The molecule has 67 heavy (non-hydrogen) atoms. The summed E-state index contributed by atoms with van der Waals surface area (Å²) in [6.07, 6.45) is 44.5. The van der Waals surface area contributed by atoms with E-state index in [1.54, 1.807) is 0 Å². The number of carbonyl (C=O) groups excluding carboxylic acids is 2. The van der Waals surface area contributed by atoms with Crippen LogP contribution in [0, 0.1) is 0 Å². The average Bonchev–Trinajstić information content (AvgIpc) is 3.30. The van der Waals surface area contributed by atoms with Crippen molar-refractivity contribution >= 4 is 22.1 Å². The van der Waals surface area contributed by atoms with Crippen LogP contribution in [0.2, 0.25) is 0 Å². The maximum Gasteiger partial charge on any atom is 0.306 e. The zero-order valence-corrected chi connectivity index (χ0v) is 42.8. The highest BCUT2D eigenvalue weighted by atomic mass is 32.2. The summed E-state index contributed by atoms with van der Waals surface area (Å²) in [7, 11) is -4.61. The molecule has 0 radical (unpaired) electrons. The Balaban J connectivity index is 2.37. The van der Waals surface area contributed by atoms with Crippen molar-refractivity contribution in [2.75, 3.05) is 19.0 Å². The van der Waals surface area contributed by atoms with Crippen LogP contribution >= 0.6 is 0 Å². The molecule has 1 heterocycles. The fourth-order valence-corrected chi connectivity index (χ4v) is 8.71. The molecule has 0 aromatic rings. The van der Waals surface area contributed by atoms with E-state index in [1.807, 2.05) is 6.08 Å². The number of rotatable bonds is 45. The molecule has 1 rings (SSSR count). The van der Waals surface area contributed by atoms with E-state index < -0.39 is 71.2 Å². The molecule has 0 amide bonds. The summed E-state index contributed by atoms with van der Waals surface area (Å²) in [4.78, 5) is 25.5. The van der Waals surface area contributed by atoms with Crippen LogP contribution in [0.4, 0.5) is 0 Å². The summed E-state index contributed by atoms with van der Waals surface area (Å²) in [5.74, 6) is -2.05. The first-order valence-corrected chi connectivity index (χ1v) is 28.3. The summed E-state index contributed by atoms with van der Waals surface area (Å²) < 4.78 is 54.2. The fourth-order valence-electron chi connectivity index (χ4n) is 8.02. The Morgan fingerprint density at radius 1 is 0.507 bits per heavy atom. The van der Waals surface area contributed by atoms with Crippen molar-refractivity contribution in [3.8, 4) is 0 Å². The third kappa shape index (κ3) is 38.1. The molecule has 2 unspecified atom stereocenters. The van der Waals surface area contributed by atoms with E-state index >= 15 is 0 Å². The van der Waals surface area contributed by atoms with Crippen molar-refractivity contribution in [3.05, 3.63) is 48.6 Å². The van der Waals surface area contributed by atoms with Crippen molar-refractivity contribution in [3.63, 3.8) is 0 Å². The van der Waals surface area contributed by atoms with Gasteiger partial charge in [-0.05, 0) is 51.4 Å². The third-order valence-corrected chi connectivity index (χ3v) is 12.9. The molecular weight excluding hydrogens is 873 g/mol. The Morgan fingerprint density at radius 3 is 1.37 bits per heavy atom. The number of aliphatic hydroxyl groups excluding tert-OH is 3. The monoisotopic (exact) mass is 969 g/mol. The van der Waals surface area contributed by atoms with Crippen LogP contribution < -0.4 is 0 Å². The number of allylic oxidation sites excluding steroid dienone is 8. The van der Waals surface area contributed by atoms with Gasteiger partial charge < -0.3 is 34.3 Å². The lowest BCUT2D eigenvalue weighted by Crippen LogP contribution is -2.60. The van der Waals surface area contributed by atoms with Crippen LogP contribution in [0.1, 0.15) is 226 Å². The van der Waals surface area contributed by atoms with E-state index in [2.05, 4.69) is 56.4 Å². The molecule has 0 aliphatic carbocycles. The van der Waals surface area contributed by atoms with Gasteiger partial charge in [-0.3, -0.25) is 14.1 Å². The van der Waals surface area contributed by atoms with E-state index in [0.717, 1.165) is 44.9 Å². The molecule has 13 heteroatoms. The number of hydrogen-bond acceptors (Lipinski definition) is 11. The normalized spacial score (nSPS) is 19.6. The highest BCUT2D eigenvalue weighted by molar-refractivity contribution is 7.85. The van der Waals surface area contributed by atoms with Gasteiger partial charge in [0.25, 0.3) is 10.1 Å². The topological polar surface area (TPSA) is 186 Å². The second kappa shape index (κ2) is 43.6. The highest BCUT2D eigenvalue weighted by Gasteiger charge is 2.46. The number of aliphatic hydroxyl groups is 3. The van der Waals surface area contributed by atoms with Gasteiger partial charge in [0.15, 0.2) is 12.4 Å². The molecule has 1 fully saturated rings. The SMILES string of the molecule is CCCCC/C=C/C/C=C/C/C=C/C/C=C/CCCC(=O)OC[C@H](CO[C@H]1O[C@H](CS(=O)(=O)O)[C@@H](O)C(O)C1O)OC(=O)CCCCCCCCCCCCCCCCCCCCCCCC. The van der Waals surface area contributed by atoms with Gasteiger partial charge in [0.2, 0.25) is 0 Å². The number of carbonyl (C=O) groups is 2. The van der Waals surface area contributed by atoms with Crippen molar-refractivity contribution in [2.24, 2.45) is 0 Å².